The fourth-order valence-electron chi connectivity index (χ4n) is 4.78. The smallest absolute Gasteiger partial charge is 0.244 e. The van der Waals surface area contributed by atoms with E-state index in [1.807, 2.05) is 0 Å². The number of H-pyrrole nitrogens is 1. The highest BCUT2D eigenvalue weighted by Crippen LogP contribution is 2.44. The quantitative estimate of drug-likeness (QED) is 0.478. The van der Waals surface area contributed by atoms with E-state index in [-0.39, 0.29) is 11.8 Å². The lowest BCUT2D eigenvalue weighted by molar-refractivity contribution is 0.378. The van der Waals surface area contributed by atoms with E-state index in [1.165, 1.54) is 21.8 Å². The van der Waals surface area contributed by atoms with Crippen molar-refractivity contribution in [1.82, 2.24) is 14.8 Å². The molecule has 5 rings (SSSR count). The molecule has 31 heavy (non-hydrogen) atoms. The Bertz CT molecular complexity index is 1370. The molecule has 0 radical (unpaired) electrons. The van der Waals surface area contributed by atoms with Crippen LogP contribution in [0.1, 0.15) is 49.4 Å². The zero-order valence-electron chi connectivity index (χ0n) is 17.8. The molecule has 1 aliphatic heterocycles. The Balaban J connectivity index is 1.75. The number of hydrogen-bond donors (Lipinski definition) is 2. The Kier molecular flexibility index (Phi) is 4.67. The second-order valence-electron chi connectivity index (χ2n) is 7.99. The van der Waals surface area contributed by atoms with Gasteiger partial charge in [0.2, 0.25) is 11.8 Å². The van der Waals surface area contributed by atoms with Gasteiger partial charge in [0.25, 0.3) is 0 Å². The maximum absolute atomic E-state index is 9.95. The van der Waals surface area contributed by atoms with Crippen molar-refractivity contribution in [3.63, 3.8) is 0 Å². The van der Waals surface area contributed by atoms with Gasteiger partial charge in [0.05, 0.1) is 5.92 Å². The Morgan fingerprint density at radius 1 is 1.16 bits per heavy atom. The number of benzene rings is 2. The molecule has 4 aromatic rings. The number of nitrogens with zero attached hydrogens (tertiary/aromatic N) is 3. The number of allylic oxidation sites excluding steroid dienone is 1. The van der Waals surface area contributed by atoms with Crippen LogP contribution in [0, 0.1) is 11.3 Å². The van der Waals surface area contributed by atoms with Gasteiger partial charge in [-0.15, -0.1) is 5.10 Å². The number of aromatic nitrogens is 3. The fraction of sp³-hybridized carbons (Fsp3) is 0.280. The van der Waals surface area contributed by atoms with Gasteiger partial charge >= 0.3 is 0 Å². The molecule has 0 aliphatic carbocycles. The molecule has 2 aromatic heterocycles. The highest BCUT2D eigenvalue weighted by molar-refractivity contribution is 6.08. The Morgan fingerprint density at radius 2 is 1.97 bits per heavy atom. The summed E-state index contributed by atoms with van der Waals surface area (Å²) in [5.74, 6) is 0.306. The molecule has 156 valence electrons. The van der Waals surface area contributed by atoms with Crippen LogP contribution >= 0.6 is 0 Å². The minimum atomic E-state index is -0.299. The molecular formula is C25H25N5O. The number of nitrogens with one attached hydrogen (secondary N) is 1. The van der Waals surface area contributed by atoms with Crippen LogP contribution in [-0.2, 0) is 13.0 Å². The first-order valence-electron chi connectivity index (χ1n) is 10.8. The van der Waals surface area contributed by atoms with Crippen LogP contribution in [0.2, 0.25) is 0 Å². The molecule has 0 bridgehead atoms. The van der Waals surface area contributed by atoms with E-state index in [2.05, 4.69) is 77.1 Å². The molecule has 1 unspecified atom stereocenters. The van der Waals surface area contributed by atoms with E-state index >= 15 is 0 Å². The van der Waals surface area contributed by atoms with Gasteiger partial charge in [0.15, 0.2) is 0 Å². The molecule has 6 heteroatoms. The van der Waals surface area contributed by atoms with Crippen molar-refractivity contribution in [2.24, 2.45) is 5.73 Å². The SMILES string of the molecule is CCCCc1[nH]nc2c1C(c1ccc3c(c1)c1ccccc1n3CC)C(C#N)=C(N)O2. The van der Waals surface area contributed by atoms with E-state index in [4.69, 9.17) is 10.5 Å². The molecule has 0 amide bonds. The second kappa shape index (κ2) is 7.51. The molecule has 0 saturated heterocycles. The third-order valence-corrected chi connectivity index (χ3v) is 6.24. The van der Waals surface area contributed by atoms with Crippen LogP contribution in [0.4, 0.5) is 0 Å². The number of unbranched alkanes of at least 4 members (excludes halogenated alkanes) is 1. The minimum absolute atomic E-state index is 0.129. The summed E-state index contributed by atoms with van der Waals surface area (Å²) in [6.07, 6.45) is 2.96. The fourth-order valence-corrected chi connectivity index (χ4v) is 4.78. The molecule has 0 spiro atoms. The number of fused-ring (bicyclic) bond motifs is 4. The predicted octanol–water partition coefficient (Wildman–Crippen LogP) is 5.10. The first-order valence-corrected chi connectivity index (χ1v) is 10.8. The van der Waals surface area contributed by atoms with Crippen molar-refractivity contribution in [3.05, 3.63) is 70.7 Å². The highest BCUT2D eigenvalue weighted by atomic mass is 16.5. The van der Waals surface area contributed by atoms with Crippen molar-refractivity contribution in [2.45, 2.75) is 45.6 Å². The molecule has 1 atom stereocenters. The monoisotopic (exact) mass is 411 g/mol. The average Bonchev–Trinajstić information content (AvgIpc) is 3.34. The molecular weight excluding hydrogens is 386 g/mol. The van der Waals surface area contributed by atoms with Crippen molar-refractivity contribution in [3.8, 4) is 11.9 Å². The van der Waals surface area contributed by atoms with Crippen molar-refractivity contribution in [2.75, 3.05) is 0 Å². The Hall–Kier alpha value is -3.72. The van der Waals surface area contributed by atoms with E-state index < -0.39 is 0 Å². The molecule has 3 N–H and O–H groups in total. The van der Waals surface area contributed by atoms with Gasteiger partial charge in [-0.2, -0.15) is 5.26 Å². The Morgan fingerprint density at radius 3 is 2.74 bits per heavy atom. The lowest BCUT2D eigenvalue weighted by atomic mass is 9.83. The van der Waals surface area contributed by atoms with Crippen LogP contribution in [-0.4, -0.2) is 14.8 Å². The first kappa shape index (κ1) is 19.3. The minimum Gasteiger partial charge on any atom is -0.420 e. The third-order valence-electron chi connectivity index (χ3n) is 6.24. The molecule has 2 aromatic carbocycles. The maximum atomic E-state index is 9.95. The number of aryl methyl sites for hydroxylation is 2. The van der Waals surface area contributed by atoms with E-state index in [0.717, 1.165) is 42.6 Å². The van der Waals surface area contributed by atoms with Gasteiger partial charge in [0, 0.05) is 39.6 Å². The number of nitrogens with two attached hydrogens (primary N) is 1. The summed E-state index contributed by atoms with van der Waals surface area (Å²) >= 11 is 0. The van der Waals surface area contributed by atoms with Gasteiger partial charge in [0.1, 0.15) is 11.6 Å². The van der Waals surface area contributed by atoms with Crippen LogP contribution < -0.4 is 10.5 Å². The average molecular weight is 412 g/mol. The normalized spacial score (nSPS) is 15.8. The zero-order chi connectivity index (χ0) is 21.5. The zero-order valence-corrected chi connectivity index (χ0v) is 17.8. The summed E-state index contributed by atoms with van der Waals surface area (Å²) in [6.45, 7) is 5.21. The second-order valence-corrected chi connectivity index (χ2v) is 7.99. The summed E-state index contributed by atoms with van der Waals surface area (Å²) in [6, 6.07) is 17.2. The number of aromatic amines is 1. The molecule has 1 aliphatic rings. The van der Waals surface area contributed by atoms with Gasteiger partial charge in [-0.1, -0.05) is 37.6 Å². The highest BCUT2D eigenvalue weighted by Gasteiger charge is 2.35. The molecule has 0 saturated carbocycles. The van der Waals surface area contributed by atoms with Crippen LogP contribution in [0.15, 0.2) is 53.9 Å². The lowest BCUT2D eigenvalue weighted by Gasteiger charge is -2.24. The molecule has 3 heterocycles. The number of ether oxygens (including phenoxy) is 1. The van der Waals surface area contributed by atoms with E-state index in [0.29, 0.717) is 11.5 Å². The standard InChI is InChI=1S/C25H25N5O/c1-3-5-9-19-23-22(18(14-26)24(27)31-25(23)29-28-19)15-11-12-21-17(13-15)16-8-6-7-10-20(16)30(21)4-2/h6-8,10-13,22H,3-5,9,27H2,1-2H3,(H,28,29). The summed E-state index contributed by atoms with van der Waals surface area (Å²) in [5, 5.41) is 19.8. The van der Waals surface area contributed by atoms with Gasteiger partial charge in [-0.05, 0) is 43.5 Å². The van der Waals surface area contributed by atoms with Gasteiger partial charge in [-0.25, -0.2) is 0 Å². The summed E-state index contributed by atoms with van der Waals surface area (Å²) in [4.78, 5) is 0. The third kappa shape index (κ3) is 2.89. The number of para-hydroxylation sites is 1. The predicted molar refractivity (Wildman–Crippen MR) is 122 cm³/mol. The number of rotatable bonds is 5. The summed E-state index contributed by atoms with van der Waals surface area (Å²) in [7, 11) is 0. The van der Waals surface area contributed by atoms with Crippen LogP contribution in [0.5, 0.6) is 5.88 Å². The van der Waals surface area contributed by atoms with Crippen molar-refractivity contribution in [1.29, 1.82) is 5.26 Å². The van der Waals surface area contributed by atoms with Crippen LogP contribution in [0.3, 0.4) is 0 Å². The summed E-state index contributed by atoms with van der Waals surface area (Å²) in [5.41, 5.74) is 11.9. The van der Waals surface area contributed by atoms with E-state index in [9.17, 15) is 5.26 Å². The van der Waals surface area contributed by atoms with Crippen molar-refractivity contribution >= 4 is 21.8 Å². The lowest BCUT2D eigenvalue weighted by Crippen LogP contribution is -2.21. The van der Waals surface area contributed by atoms with Gasteiger partial charge < -0.3 is 15.0 Å². The topological polar surface area (TPSA) is 92.7 Å². The number of hydrogen-bond acceptors (Lipinski definition) is 4. The Labute approximate surface area is 180 Å². The maximum Gasteiger partial charge on any atom is 0.244 e. The summed E-state index contributed by atoms with van der Waals surface area (Å²) < 4.78 is 8.04. The van der Waals surface area contributed by atoms with Crippen LogP contribution in [0.25, 0.3) is 21.8 Å². The first-order chi connectivity index (χ1) is 15.2. The van der Waals surface area contributed by atoms with E-state index in [1.54, 1.807) is 0 Å². The number of nitriles is 1. The van der Waals surface area contributed by atoms with Gasteiger partial charge in [-0.3, -0.25) is 5.10 Å². The molecule has 6 nitrogen and oxygen atoms in total. The largest absolute Gasteiger partial charge is 0.420 e. The van der Waals surface area contributed by atoms with Crippen molar-refractivity contribution < 1.29 is 4.74 Å². The molecule has 0 fully saturated rings.